The number of esters is 1. The maximum atomic E-state index is 13.1. The van der Waals surface area contributed by atoms with E-state index in [0.717, 1.165) is 22.2 Å². The lowest BCUT2D eigenvalue weighted by atomic mass is 10.1. The monoisotopic (exact) mass is 450 g/mol. The predicted octanol–water partition coefficient (Wildman–Crippen LogP) is 3.14. The van der Waals surface area contributed by atoms with Crippen LogP contribution in [0.3, 0.4) is 0 Å². The molecule has 164 valence electrons. The number of carbonyl (C=O) groups excluding carboxylic acids is 1. The Labute approximate surface area is 188 Å². The summed E-state index contributed by atoms with van der Waals surface area (Å²) in [5.74, 6) is 0.461. The van der Waals surface area contributed by atoms with Gasteiger partial charge in [-0.1, -0.05) is 29.5 Å². The Morgan fingerprint density at radius 3 is 2.81 bits per heavy atom. The molecular weight excluding hydrogens is 428 g/mol. The highest BCUT2D eigenvalue weighted by Gasteiger charge is 2.16. The molecule has 0 atom stereocenters. The normalized spacial score (nSPS) is 11.8. The molecule has 0 saturated heterocycles. The number of carbonyl (C=O) groups is 1. The summed E-state index contributed by atoms with van der Waals surface area (Å²) >= 11 is 1.33. The lowest BCUT2D eigenvalue weighted by Gasteiger charge is -2.16. The second-order valence-electron chi connectivity index (χ2n) is 6.93. The van der Waals surface area contributed by atoms with Gasteiger partial charge in [0.2, 0.25) is 0 Å². The summed E-state index contributed by atoms with van der Waals surface area (Å²) in [6.45, 7) is 5.85. The SMILES string of the molecule is C=CCc1cc(/C=c2\sc3nc4ccccc4n3c2=O)cc(OCC)c1OCC(=O)OC. The molecule has 0 aliphatic rings. The third kappa shape index (κ3) is 4.09. The van der Waals surface area contributed by atoms with Crippen LogP contribution >= 0.6 is 11.3 Å². The van der Waals surface area contributed by atoms with Crippen LogP contribution in [0.2, 0.25) is 0 Å². The number of methoxy groups -OCH3 is 1. The molecule has 2 aromatic heterocycles. The average molecular weight is 451 g/mol. The third-order valence-corrected chi connectivity index (χ3v) is 5.79. The van der Waals surface area contributed by atoms with Gasteiger partial charge in [-0.3, -0.25) is 4.79 Å². The lowest BCUT2D eigenvalue weighted by molar-refractivity contribution is -0.142. The number of imidazole rings is 1. The Hall–Kier alpha value is -3.65. The molecule has 32 heavy (non-hydrogen) atoms. The predicted molar refractivity (Wildman–Crippen MR) is 125 cm³/mol. The number of fused-ring (bicyclic) bond motifs is 3. The zero-order valence-corrected chi connectivity index (χ0v) is 18.6. The van der Waals surface area contributed by atoms with Crippen molar-refractivity contribution in [2.45, 2.75) is 13.3 Å². The summed E-state index contributed by atoms with van der Waals surface area (Å²) < 4.78 is 18.3. The standard InChI is InChI=1S/C24H22N2O5S/c1-4-8-16-11-15(12-19(30-5-2)22(16)31-14-21(27)29-3)13-20-23(28)26-18-10-7-6-9-17(18)25-24(26)32-20/h4,6-7,9-13H,1,5,8,14H2,2-3H3/b20-13-. The van der Waals surface area contributed by atoms with Gasteiger partial charge in [0.05, 0.1) is 29.3 Å². The minimum absolute atomic E-state index is 0.118. The maximum absolute atomic E-state index is 13.1. The van der Waals surface area contributed by atoms with Crippen LogP contribution in [0, 0.1) is 0 Å². The van der Waals surface area contributed by atoms with Gasteiger partial charge in [-0.2, -0.15) is 0 Å². The van der Waals surface area contributed by atoms with Crippen LogP contribution in [-0.2, 0) is 16.0 Å². The van der Waals surface area contributed by atoms with Gasteiger partial charge >= 0.3 is 5.97 Å². The number of benzene rings is 2. The molecule has 0 radical (unpaired) electrons. The topological polar surface area (TPSA) is 79.1 Å². The van der Waals surface area contributed by atoms with Gasteiger partial charge in [-0.05, 0) is 49.2 Å². The summed E-state index contributed by atoms with van der Waals surface area (Å²) in [5.41, 5.74) is 3.04. The molecule has 0 aliphatic carbocycles. The van der Waals surface area contributed by atoms with Crippen molar-refractivity contribution in [3.05, 3.63) is 75.1 Å². The van der Waals surface area contributed by atoms with E-state index in [0.29, 0.717) is 34.0 Å². The Kier molecular flexibility index (Phi) is 6.23. The number of ether oxygens (including phenoxy) is 3. The number of hydrogen-bond donors (Lipinski definition) is 0. The largest absolute Gasteiger partial charge is 0.490 e. The highest BCUT2D eigenvalue weighted by molar-refractivity contribution is 7.15. The van der Waals surface area contributed by atoms with Crippen LogP contribution in [0.5, 0.6) is 11.5 Å². The Balaban J connectivity index is 1.83. The molecule has 0 amide bonds. The molecule has 0 unspecified atom stereocenters. The molecule has 2 heterocycles. The molecule has 0 fully saturated rings. The maximum Gasteiger partial charge on any atom is 0.343 e. The van der Waals surface area contributed by atoms with E-state index in [1.165, 1.54) is 18.4 Å². The van der Waals surface area contributed by atoms with Gasteiger partial charge in [-0.25, -0.2) is 14.2 Å². The molecule has 8 heteroatoms. The van der Waals surface area contributed by atoms with Crippen molar-refractivity contribution < 1.29 is 19.0 Å². The minimum atomic E-state index is -0.488. The summed E-state index contributed by atoms with van der Waals surface area (Å²) in [6, 6.07) is 11.3. The van der Waals surface area contributed by atoms with Crippen molar-refractivity contribution in [2.75, 3.05) is 20.3 Å². The van der Waals surface area contributed by atoms with Crippen LogP contribution in [0.4, 0.5) is 0 Å². The van der Waals surface area contributed by atoms with E-state index in [9.17, 15) is 9.59 Å². The zero-order chi connectivity index (χ0) is 22.7. The van der Waals surface area contributed by atoms with E-state index in [1.54, 1.807) is 16.5 Å². The molecule has 0 N–H and O–H groups in total. The van der Waals surface area contributed by atoms with Gasteiger partial charge in [0, 0.05) is 5.56 Å². The molecule has 2 aromatic carbocycles. The first-order valence-corrected chi connectivity index (χ1v) is 10.9. The number of allylic oxidation sites excluding steroid dienone is 1. The number of para-hydroxylation sites is 2. The number of thiazole rings is 1. The van der Waals surface area contributed by atoms with Crippen molar-refractivity contribution in [2.24, 2.45) is 0 Å². The Bertz CT molecular complexity index is 1420. The summed E-state index contributed by atoms with van der Waals surface area (Å²) in [5, 5.41) is 0. The van der Waals surface area contributed by atoms with E-state index in [4.69, 9.17) is 9.47 Å². The van der Waals surface area contributed by atoms with Gasteiger partial charge in [0.25, 0.3) is 5.56 Å². The van der Waals surface area contributed by atoms with Gasteiger partial charge in [0.1, 0.15) is 0 Å². The first-order valence-electron chi connectivity index (χ1n) is 10.1. The second-order valence-corrected chi connectivity index (χ2v) is 7.94. The number of rotatable bonds is 8. The summed E-state index contributed by atoms with van der Waals surface area (Å²) in [4.78, 5) is 29.9. The van der Waals surface area contributed by atoms with Gasteiger partial charge in [-0.15, -0.1) is 6.58 Å². The second kappa shape index (κ2) is 9.23. The van der Waals surface area contributed by atoms with Crippen LogP contribution in [0.25, 0.3) is 22.1 Å². The fraction of sp³-hybridized carbons (Fsp3) is 0.208. The van der Waals surface area contributed by atoms with E-state index in [1.807, 2.05) is 43.3 Å². The van der Waals surface area contributed by atoms with Crippen molar-refractivity contribution in [3.8, 4) is 11.5 Å². The fourth-order valence-electron chi connectivity index (χ4n) is 3.45. The zero-order valence-electron chi connectivity index (χ0n) is 17.8. The smallest absolute Gasteiger partial charge is 0.343 e. The van der Waals surface area contributed by atoms with Gasteiger partial charge in [0.15, 0.2) is 23.1 Å². The van der Waals surface area contributed by atoms with Crippen LogP contribution in [0.1, 0.15) is 18.1 Å². The Morgan fingerprint density at radius 2 is 2.06 bits per heavy atom. The molecular formula is C24H22N2O5S. The van der Waals surface area contributed by atoms with Crippen molar-refractivity contribution in [1.29, 1.82) is 0 Å². The van der Waals surface area contributed by atoms with E-state index in [-0.39, 0.29) is 12.2 Å². The molecule has 4 rings (SSSR count). The van der Waals surface area contributed by atoms with Crippen molar-refractivity contribution >= 4 is 39.4 Å². The van der Waals surface area contributed by atoms with E-state index >= 15 is 0 Å². The fourth-order valence-corrected chi connectivity index (χ4v) is 4.44. The lowest BCUT2D eigenvalue weighted by Crippen LogP contribution is -2.22. The molecule has 7 nitrogen and oxygen atoms in total. The van der Waals surface area contributed by atoms with Crippen LogP contribution in [-0.4, -0.2) is 35.7 Å². The molecule has 0 saturated carbocycles. The highest BCUT2D eigenvalue weighted by atomic mass is 32.1. The average Bonchev–Trinajstić information content (AvgIpc) is 3.29. The molecule has 4 aromatic rings. The molecule has 0 spiro atoms. The number of hydrogen-bond acceptors (Lipinski definition) is 7. The third-order valence-electron chi connectivity index (χ3n) is 4.82. The van der Waals surface area contributed by atoms with E-state index in [2.05, 4.69) is 16.3 Å². The first-order chi connectivity index (χ1) is 15.5. The molecule has 0 bridgehead atoms. The van der Waals surface area contributed by atoms with Crippen LogP contribution < -0.4 is 19.6 Å². The van der Waals surface area contributed by atoms with Crippen LogP contribution in [0.15, 0.2) is 53.8 Å². The van der Waals surface area contributed by atoms with Crippen molar-refractivity contribution in [1.82, 2.24) is 9.38 Å². The van der Waals surface area contributed by atoms with Gasteiger partial charge < -0.3 is 14.2 Å². The Morgan fingerprint density at radius 1 is 1.25 bits per heavy atom. The highest BCUT2D eigenvalue weighted by Crippen LogP contribution is 2.34. The molecule has 0 aliphatic heterocycles. The number of nitrogens with zero attached hydrogens (tertiary/aromatic N) is 2. The quantitative estimate of drug-likeness (QED) is 0.303. The first kappa shape index (κ1) is 21.6. The summed E-state index contributed by atoms with van der Waals surface area (Å²) in [7, 11) is 1.31. The van der Waals surface area contributed by atoms with E-state index < -0.39 is 5.97 Å². The number of aromatic nitrogens is 2. The summed E-state index contributed by atoms with van der Waals surface area (Å²) in [6.07, 6.45) is 4.06. The minimum Gasteiger partial charge on any atom is -0.490 e. The van der Waals surface area contributed by atoms with Crippen molar-refractivity contribution in [3.63, 3.8) is 0 Å².